The zero-order chi connectivity index (χ0) is 47.2. The first-order valence-electron chi connectivity index (χ1n) is 27.1. The molecule has 6 heteroatoms. The molecule has 0 spiro atoms. The third-order valence-electron chi connectivity index (χ3n) is 11.4. The molecule has 0 aromatic carbocycles. The van der Waals surface area contributed by atoms with Crippen LogP contribution < -0.4 is 0 Å². The molecule has 0 aromatic rings. The van der Waals surface area contributed by atoms with Crippen LogP contribution in [0.5, 0.6) is 0 Å². The summed E-state index contributed by atoms with van der Waals surface area (Å²) in [6, 6.07) is 0. The number of carbonyl (C=O) groups is 3. The van der Waals surface area contributed by atoms with Gasteiger partial charge >= 0.3 is 17.9 Å². The van der Waals surface area contributed by atoms with Crippen molar-refractivity contribution in [2.75, 3.05) is 13.2 Å². The number of esters is 3. The van der Waals surface area contributed by atoms with Crippen LogP contribution in [0.2, 0.25) is 0 Å². The Morgan fingerprint density at radius 1 is 0.323 bits per heavy atom. The fourth-order valence-electron chi connectivity index (χ4n) is 7.29. The Morgan fingerprint density at radius 2 is 0.615 bits per heavy atom. The molecule has 0 aliphatic rings. The van der Waals surface area contributed by atoms with Crippen LogP contribution in [0.15, 0.2) is 85.1 Å². The van der Waals surface area contributed by atoms with Crippen LogP contribution >= 0.6 is 0 Å². The van der Waals surface area contributed by atoms with Crippen molar-refractivity contribution >= 4 is 17.9 Å². The molecule has 0 aromatic heterocycles. The van der Waals surface area contributed by atoms with E-state index in [0.717, 1.165) is 103 Å². The van der Waals surface area contributed by atoms with Gasteiger partial charge in [0.05, 0.1) is 0 Å². The molecule has 0 fully saturated rings. The van der Waals surface area contributed by atoms with Gasteiger partial charge in [0.15, 0.2) is 6.10 Å². The van der Waals surface area contributed by atoms with E-state index in [4.69, 9.17) is 14.2 Å². The van der Waals surface area contributed by atoms with Crippen molar-refractivity contribution in [2.45, 2.75) is 258 Å². The normalized spacial score (nSPS) is 12.7. The van der Waals surface area contributed by atoms with E-state index >= 15 is 0 Å². The van der Waals surface area contributed by atoms with Crippen molar-refractivity contribution in [3.8, 4) is 0 Å². The van der Waals surface area contributed by atoms with Gasteiger partial charge in [-0.1, -0.05) is 209 Å². The molecule has 0 aliphatic carbocycles. The molecule has 1 unspecified atom stereocenters. The van der Waals surface area contributed by atoms with Crippen molar-refractivity contribution in [1.29, 1.82) is 0 Å². The standard InChI is InChI=1S/C59H100O6/c1-4-7-10-13-16-19-22-25-28-30-32-34-37-40-43-46-49-52-58(61)64-55-56(54-63-57(60)51-48-45-42-39-36-33-27-24-21-18-15-12-9-6-3)65-59(62)53-50-47-44-41-38-35-31-29-26-23-20-17-14-11-8-5-2/h7,10,16,19,25,28-29,31-34,36,40,43,56H,4-6,8-9,11-15,17-18,20-24,26-27,30,35,37-39,41-42,44-55H2,1-3H3/b10-7-,19-16-,28-25-,31-29-,34-32-,36-33-,43-40-. The highest BCUT2D eigenvalue weighted by Crippen LogP contribution is 2.13. The van der Waals surface area contributed by atoms with Gasteiger partial charge in [-0.2, -0.15) is 0 Å². The van der Waals surface area contributed by atoms with Crippen LogP contribution in [-0.2, 0) is 28.6 Å². The van der Waals surface area contributed by atoms with Crippen molar-refractivity contribution in [3.05, 3.63) is 85.1 Å². The summed E-state index contributed by atoms with van der Waals surface area (Å²) >= 11 is 0. The van der Waals surface area contributed by atoms with Gasteiger partial charge in [-0.25, -0.2) is 0 Å². The molecule has 0 saturated heterocycles. The summed E-state index contributed by atoms with van der Waals surface area (Å²) in [5.41, 5.74) is 0. The minimum absolute atomic E-state index is 0.105. The van der Waals surface area contributed by atoms with Crippen LogP contribution in [0.4, 0.5) is 0 Å². The van der Waals surface area contributed by atoms with E-state index < -0.39 is 6.10 Å². The number of hydrogen-bond donors (Lipinski definition) is 0. The predicted octanol–water partition coefficient (Wildman–Crippen LogP) is 18.0. The quantitative estimate of drug-likeness (QED) is 0.0262. The molecular formula is C59H100O6. The lowest BCUT2D eigenvalue weighted by molar-refractivity contribution is -0.167. The van der Waals surface area contributed by atoms with Gasteiger partial charge in [0.25, 0.3) is 0 Å². The van der Waals surface area contributed by atoms with Gasteiger partial charge in [0.1, 0.15) is 13.2 Å². The van der Waals surface area contributed by atoms with Gasteiger partial charge in [-0.05, 0) is 109 Å². The van der Waals surface area contributed by atoms with E-state index in [1.54, 1.807) is 0 Å². The average molecular weight is 905 g/mol. The SMILES string of the molecule is CC/C=C\C/C=C\C/C=C\C/C=C\C/C=C\CCCC(=O)OCC(COC(=O)CCCCC/C=C\CCCCCCCCC)OC(=O)CCCCCCC/C=C\CCCCCCCCC. The van der Waals surface area contributed by atoms with Crippen molar-refractivity contribution < 1.29 is 28.6 Å². The Labute approximate surface area is 401 Å². The van der Waals surface area contributed by atoms with Crippen molar-refractivity contribution in [2.24, 2.45) is 0 Å². The summed E-state index contributed by atoms with van der Waals surface area (Å²) in [6.45, 7) is 6.45. The zero-order valence-corrected chi connectivity index (χ0v) is 42.5. The summed E-state index contributed by atoms with van der Waals surface area (Å²) < 4.78 is 16.8. The monoisotopic (exact) mass is 905 g/mol. The van der Waals surface area contributed by atoms with Crippen molar-refractivity contribution in [3.63, 3.8) is 0 Å². The number of carbonyl (C=O) groups excluding carboxylic acids is 3. The Hall–Kier alpha value is -3.41. The molecule has 372 valence electrons. The van der Waals surface area contributed by atoms with E-state index in [0.29, 0.717) is 19.3 Å². The first-order chi connectivity index (χ1) is 32.0. The Balaban J connectivity index is 4.51. The van der Waals surface area contributed by atoms with Gasteiger partial charge in [0, 0.05) is 19.3 Å². The Bertz CT molecular complexity index is 1270. The second-order valence-electron chi connectivity index (χ2n) is 17.7. The van der Waals surface area contributed by atoms with Crippen LogP contribution in [0.1, 0.15) is 252 Å². The fraction of sp³-hybridized carbons (Fsp3) is 0.712. The van der Waals surface area contributed by atoms with E-state index in [1.165, 1.54) is 103 Å². The molecule has 0 amide bonds. The van der Waals surface area contributed by atoms with Crippen LogP contribution in [0.25, 0.3) is 0 Å². The summed E-state index contributed by atoms with van der Waals surface area (Å²) in [5, 5.41) is 0. The highest BCUT2D eigenvalue weighted by atomic mass is 16.6. The fourth-order valence-corrected chi connectivity index (χ4v) is 7.29. The minimum Gasteiger partial charge on any atom is -0.462 e. The van der Waals surface area contributed by atoms with E-state index in [9.17, 15) is 14.4 Å². The molecule has 65 heavy (non-hydrogen) atoms. The minimum atomic E-state index is -0.810. The number of rotatable bonds is 48. The average Bonchev–Trinajstić information content (AvgIpc) is 3.30. The maximum Gasteiger partial charge on any atom is 0.306 e. The molecule has 0 rings (SSSR count). The maximum atomic E-state index is 12.8. The van der Waals surface area contributed by atoms with Gasteiger partial charge in [-0.15, -0.1) is 0 Å². The molecule has 0 bridgehead atoms. The topological polar surface area (TPSA) is 78.9 Å². The summed E-state index contributed by atoms with van der Waals surface area (Å²) in [7, 11) is 0. The molecule has 1 atom stereocenters. The highest BCUT2D eigenvalue weighted by Gasteiger charge is 2.19. The van der Waals surface area contributed by atoms with Gasteiger partial charge < -0.3 is 14.2 Å². The summed E-state index contributed by atoms with van der Waals surface area (Å²) in [6.07, 6.45) is 68.6. The maximum absolute atomic E-state index is 12.8. The molecule has 0 radical (unpaired) electrons. The van der Waals surface area contributed by atoms with Crippen LogP contribution in [-0.4, -0.2) is 37.2 Å². The predicted molar refractivity (Wildman–Crippen MR) is 279 cm³/mol. The first kappa shape index (κ1) is 61.6. The summed E-state index contributed by atoms with van der Waals surface area (Å²) in [4.78, 5) is 38.0. The highest BCUT2D eigenvalue weighted by molar-refractivity contribution is 5.71. The number of hydrogen-bond acceptors (Lipinski definition) is 6. The second-order valence-corrected chi connectivity index (χ2v) is 17.7. The van der Waals surface area contributed by atoms with Gasteiger partial charge in [0.2, 0.25) is 0 Å². The number of allylic oxidation sites excluding steroid dienone is 14. The molecule has 0 N–H and O–H groups in total. The van der Waals surface area contributed by atoms with E-state index in [2.05, 4.69) is 106 Å². The lowest BCUT2D eigenvalue weighted by Crippen LogP contribution is -2.30. The van der Waals surface area contributed by atoms with Crippen LogP contribution in [0, 0.1) is 0 Å². The number of ether oxygens (including phenoxy) is 3. The molecule has 0 aliphatic heterocycles. The molecular weight excluding hydrogens is 805 g/mol. The smallest absolute Gasteiger partial charge is 0.306 e. The molecule has 6 nitrogen and oxygen atoms in total. The number of unbranched alkanes of at least 4 members (excludes halogenated alkanes) is 23. The largest absolute Gasteiger partial charge is 0.462 e. The first-order valence-corrected chi connectivity index (χ1v) is 27.1. The van der Waals surface area contributed by atoms with E-state index in [1.807, 2.05) is 0 Å². The lowest BCUT2D eigenvalue weighted by Gasteiger charge is -2.18. The second kappa shape index (κ2) is 53.2. The molecule has 0 saturated carbocycles. The lowest BCUT2D eigenvalue weighted by atomic mass is 10.1. The Kier molecular flexibility index (Phi) is 50.4. The van der Waals surface area contributed by atoms with Crippen LogP contribution in [0.3, 0.4) is 0 Å². The molecule has 0 heterocycles. The van der Waals surface area contributed by atoms with Gasteiger partial charge in [-0.3, -0.25) is 14.4 Å². The van der Waals surface area contributed by atoms with Crippen molar-refractivity contribution in [1.82, 2.24) is 0 Å². The summed E-state index contributed by atoms with van der Waals surface area (Å²) in [5.74, 6) is -0.987. The zero-order valence-electron chi connectivity index (χ0n) is 42.5. The Morgan fingerprint density at radius 3 is 1.03 bits per heavy atom. The van der Waals surface area contributed by atoms with E-state index in [-0.39, 0.29) is 37.5 Å². The third kappa shape index (κ3) is 51.4. The third-order valence-corrected chi connectivity index (χ3v) is 11.4.